The van der Waals surface area contributed by atoms with Gasteiger partial charge in [-0.3, -0.25) is 0 Å². The normalized spacial score (nSPS) is 12.7. The minimum Gasteiger partial charge on any atom is -0.320 e. The second kappa shape index (κ2) is 4.54. The molecule has 2 N–H and O–H groups in total. The Kier molecular flexibility index (Phi) is 3.32. The third kappa shape index (κ3) is 2.52. The minimum absolute atomic E-state index is 0.125. The van der Waals surface area contributed by atoms with Gasteiger partial charge in [-0.25, -0.2) is 0 Å². The molecule has 0 aliphatic heterocycles. The number of hydrogen-bond donors (Lipinski definition) is 1. The first-order valence-electron chi connectivity index (χ1n) is 4.43. The summed E-state index contributed by atoms with van der Waals surface area (Å²) in [4.78, 5) is 1.06. The summed E-state index contributed by atoms with van der Waals surface area (Å²) in [6.45, 7) is 0. The van der Waals surface area contributed by atoms with Gasteiger partial charge in [0.25, 0.3) is 0 Å². The van der Waals surface area contributed by atoms with Gasteiger partial charge in [0.1, 0.15) is 0 Å². The molecule has 0 aliphatic rings. The molecule has 2 aromatic rings. The Bertz CT molecular complexity index is 450. The van der Waals surface area contributed by atoms with E-state index in [1.54, 1.807) is 0 Å². The number of rotatable bonds is 2. The fraction of sp³-hybridized carbons (Fsp3) is 0.0909. The summed E-state index contributed by atoms with van der Waals surface area (Å²) in [6.07, 6.45) is 0. The van der Waals surface area contributed by atoms with E-state index in [0.29, 0.717) is 0 Å². The summed E-state index contributed by atoms with van der Waals surface area (Å²) in [7, 11) is 0. The Morgan fingerprint density at radius 1 is 1.00 bits per heavy atom. The predicted octanol–water partition coefficient (Wildman–Crippen LogP) is 4.10. The molecular formula is C11H9Cl2NS. The van der Waals surface area contributed by atoms with E-state index in [9.17, 15) is 0 Å². The average molecular weight is 258 g/mol. The lowest BCUT2D eigenvalue weighted by Gasteiger charge is -2.09. The highest BCUT2D eigenvalue weighted by Crippen LogP contribution is 2.29. The van der Waals surface area contributed by atoms with Gasteiger partial charge in [-0.2, -0.15) is 0 Å². The molecule has 0 amide bonds. The molecule has 0 spiro atoms. The highest BCUT2D eigenvalue weighted by atomic mass is 35.5. The fourth-order valence-corrected chi connectivity index (χ4v) is 2.55. The first-order valence-corrected chi connectivity index (χ1v) is 6.00. The van der Waals surface area contributed by atoms with Crippen molar-refractivity contribution in [3.05, 3.63) is 56.2 Å². The Balaban J connectivity index is 2.28. The predicted molar refractivity (Wildman–Crippen MR) is 66.8 cm³/mol. The van der Waals surface area contributed by atoms with Gasteiger partial charge < -0.3 is 5.73 Å². The minimum atomic E-state index is -0.125. The molecule has 0 saturated heterocycles. The molecule has 1 heterocycles. The molecule has 0 saturated carbocycles. The summed E-state index contributed by atoms with van der Waals surface area (Å²) in [5, 5.41) is 0.718. The molecule has 0 bridgehead atoms. The highest BCUT2D eigenvalue weighted by molar-refractivity contribution is 7.16. The Labute approximate surface area is 102 Å². The van der Waals surface area contributed by atoms with Crippen molar-refractivity contribution >= 4 is 34.5 Å². The first-order chi connectivity index (χ1) is 7.16. The van der Waals surface area contributed by atoms with Crippen molar-refractivity contribution in [1.29, 1.82) is 0 Å². The topological polar surface area (TPSA) is 26.0 Å². The largest absolute Gasteiger partial charge is 0.320 e. The third-order valence-electron chi connectivity index (χ3n) is 2.13. The lowest BCUT2D eigenvalue weighted by atomic mass is 10.1. The van der Waals surface area contributed by atoms with Crippen LogP contribution in [0.2, 0.25) is 9.36 Å². The van der Waals surface area contributed by atoms with Gasteiger partial charge in [-0.1, -0.05) is 35.3 Å². The van der Waals surface area contributed by atoms with Crippen LogP contribution in [0, 0.1) is 0 Å². The molecule has 1 nitrogen and oxygen atoms in total. The molecule has 2 rings (SSSR count). The molecule has 1 unspecified atom stereocenters. The third-order valence-corrected chi connectivity index (χ3v) is 3.70. The van der Waals surface area contributed by atoms with Crippen LogP contribution in [0.1, 0.15) is 16.5 Å². The van der Waals surface area contributed by atoms with Gasteiger partial charge in [-0.15, -0.1) is 11.3 Å². The molecule has 4 heteroatoms. The van der Waals surface area contributed by atoms with E-state index >= 15 is 0 Å². The second-order valence-electron chi connectivity index (χ2n) is 3.17. The smallest absolute Gasteiger partial charge is 0.0931 e. The van der Waals surface area contributed by atoms with Gasteiger partial charge in [0.2, 0.25) is 0 Å². The first kappa shape index (κ1) is 11.0. The molecule has 0 fully saturated rings. The van der Waals surface area contributed by atoms with Crippen molar-refractivity contribution in [2.45, 2.75) is 6.04 Å². The van der Waals surface area contributed by atoms with E-state index in [0.717, 1.165) is 19.8 Å². The zero-order valence-corrected chi connectivity index (χ0v) is 10.1. The Morgan fingerprint density at radius 3 is 2.20 bits per heavy atom. The van der Waals surface area contributed by atoms with Gasteiger partial charge in [0.15, 0.2) is 0 Å². The molecule has 0 radical (unpaired) electrons. The van der Waals surface area contributed by atoms with Crippen molar-refractivity contribution in [3.63, 3.8) is 0 Å². The molecule has 0 aliphatic carbocycles. The van der Waals surface area contributed by atoms with Crippen molar-refractivity contribution in [3.8, 4) is 0 Å². The molecule has 15 heavy (non-hydrogen) atoms. The Morgan fingerprint density at radius 2 is 1.67 bits per heavy atom. The summed E-state index contributed by atoms with van der Waals surface area (Å²) >= 11 is 13.2. The summed E-state index contributed by atoms with van der Waals surface area (Å²) in [5.41, 5.74) is 7.13. The van der Waals surface area contributed by atoms with E-state index in [1.807, 2.05) is 36.4 Å². The number of hydrogen-bond acceptors (Lipinski definition) is 2. The van der Waals surface area contributed by atoms with Crippen LogP contribution in [0.3, 0.4) is 0 Å². The Hall–Kier alpha value is -0.540. The van der Waals surface area contributed by atoms with E-state index in [-0.39, 0.29) is 6.04 Å². The fourth-order valence-electron chi connectivity index (χ4n) is 1.33. The SMILES string of the molecule is NC(c1ccc(Cl)cc1)c1ccc(Cl)s1. The van der Waals surface area contributed by atoms with Crippen molar-refractivity contribution in [2.75, 3.05) is 0 Å². The van der Waals surface area contributed by atoms with Crippen molar-refractivity contribution in [1.82, 2.24) is 0 Å². The number of thiophene rings is 1. The van der Waals surface area contributed by atoms with Gasteiger partial charge >= 0.3 is 0 Å². The van der Waals surface area contributed by atoms with Crippen LogP contribution in [0.4, 0.5) is 0 Å². The summed E-state index contributed by atoms with van der Waals surface area (Å²) in [6, 6.07) is 11.2. The lowest BCUT2D eigenvalue weighted by Crippen LogP contribution is -2.09. The van der Waals surface area contributed by atoms with E-state index < -0.39 is 0 Å². The summed E-state index contributed by atoms with van der Waals surface area (Å²) < 4.78 is 0.759. The maximum absolute atomic E-state index is 6.09. The number of nitrogens with two attached hydrogens (primary N) is 1. The van der Waals surface area contributed by atoms with Gasteiger partial charge in [0, 0.05) is 9.90 Å². The lowest BCUT2D eigenvalue weighted by molar-refractivity contribution is 0.894. The van der Waals surface area contributed by atoms with Gasteiger partial charge in [-0.05, 0) is 29.8 Å². The van der Waals surface area contributed by atoms with Crippen LogP contribution in [0.25, 0.3) is 0 Å². The monoisotopic (exact) mass is 257 g/mol. The number of benzene rings is 1. The van der Waals surface area contributed by atoms with Crippen LogP contribution in [-0.4, -0.2) is 0 Å². The van der Waals surface area contributed by atoms with Crippen molar-refractivity contribution in [2.24, 2.45) is 5.73 Å². The van der Waals surface area contributed by atoms with E-state index in [1.165, 1.54) is 11.3 Å². The van der Waals surface area contributed by atoms with Crippen LogP contribution < -0.4 is 5.73 Å². The van der Waals surface area contributed by atoms with Crippen molar-refractivity contribution < 1.29 is 0 Å². The number of halogens is 2. The molecule has 1 aromatic heterocycles. The summed E-state index contributed by atoms with van der Waals surface area (Å²) in [5.74, 6) is 0. The zero-order chi connectivity index (χ0) is 10.8. The zero-order valence-electron chi connectivity index (χ0n) is 7.78. The molecule has 1 aromatic carbocycles. The highest BCUT2D eigenvalue weighted by Gasteiger charge is 2.10. The maximum atomic E-state index is 6.09. The van der Waals surface area contributed by atoms with Crippen LogP contribution >= 0.6 is 34.5 Å². The van der Waals surface area contributed by atoms with Crippen LogP contribution in [0.5, 0.6) is 0 Å². The quantitative estimate of drug-likeness (QED) is 0.862. The average Bonchev–Trinajstić information content (AvgIpc) is 2.65. The molecule has 78 valence electrons. The maximum Gasteiger partial charge on any atom is 0.0931 e. The standard InChI is InChI=1S/C11H9Cl2NS/c12-8-3-1-7(2-4-8)11(14)9-5-6-10(13)15-9/h1-6,11H,14H2. The van der Waals surface area contributed by atoms with Crippen LogP contribution in [0.15, 0.2) is 36.4 Å². The van der Waals surface area contributed by atoms with E-state index in [4.69, 9.17) is 28.9 Å². The second-order valence-corrected chi connectivity index (χ2v) is 5.35. The van der Waals surface area contributed by atoms with E-state index in [2.05, 4.69) is 0 Å². The molecular weight excluding hydrogens is 249 g/mol. The van der Waals surface area contributed by atoms with Crippen LogP contribution in [-0.2, 0) is 0 Å². The van der Waals surface area contributed by atoms with Gasteiger partial charge in [0.05, 0.1) is 10.4 Å². The molecule has 1 atom stereocenters.